The average Bonchev–Trinajstić information content (AvgIpc) is 1.89. The smallest absolute Gasteiger partial charge is 0.223 e. The largest absolute Gasteiger partial charge is 0.393 e. The van der Waals surface area contributed by atoms with E-state index in [9.17, 15) is 4.79 Å². The quantitative estimate of drug-likeness (QED) is 0.624. The van der Waals surface area contributed by atoms with Crippen LogP contribution in [0.1, 0.15) is 13.8 Å². The lowest BCUT2D eigenvalue weighted by atomic mass is 10.5. The lowest BCUT2D eigenvalue weighted by molar-refractivity contribution is -0.126. The van der Waals surface area contributed by atoms with E-state index in [0.717, 1.165) is 0 Å². The van der Waals surface area contributed by atoms with Crippen molar-refractivity contribution in [2.45, 2.75) is 13.8 Å². The highest BCUT2D eigenvalue weighted by atomic mass is 16.2. The number of hydrogen-bond acceptors (Lipinski definition) is 2. The van der Waals surface area contributed by atoms with Crippen LogP contribution in [0.5, 0.6) is 0 Å². The van der Waals surface area contributed by atoms with Gasteiger partial charge in [0.1, 0.15) is 0 Å². The first-order chi connectivity index (χ1) is 4.72. The van der Waals surface area contributed by atoms with E-state index < -0.39 is 0 Å². The van der Waals surface area contributed by atoms with Gasteiger partial charge >= 0.3 is 0 Å². The van der Waals surface area contributed by atoms with Gasteiger partial charge in [-0.25, -0.2) is 0 Å². The first-order valence-electron chi connectivity index (χ1n) is 3.33. The summed E-state index contributed by atoms with van der Waals surface area (Å²) in [5.74, 6) is 0.0639. The van der Waals surface area contributed by atoms with Crippen LogP contribution in [0.3, 0.4) is 0 Å². The second-order valence-corrected chi connectivity index (χ2v) is 1.91. The van der Waals surface area contributed by atoms with Gasteiger partial charge in [0.05, 0.1) is 0 Å². The molecule has 0 aliphatic rings. The zero-order valence-electron chi connectivity index (χ0n) is 6.72. The molecule has 3 heteroatoms. The highest BCUT2D eigenvalue weighted by molar-refractivity contribution is 5.74. The fourth-order valence-corrected chi connectivity index (χ4v) is 0.598. The van der Waals surface area contributed by atoms with Crippen molar-refractivity contribution >= 4 is 5.91 Å². The van der Waals surface area contributed by atoms with E-state index in [-0.39, 0.29) is 5.91 Å². The van der Waals surface area contributed by atoms with Crippen LogP contribution >= 0.6 is 0 Å². The van der Waals surface area contributed by atoms with Gasteiger partial charge in [-0.15, -0.1) is 0 Å². The van der Waals surface area contributed by atoms with Crippen LogP contribution in [0.25, 0.3) is 0 Å². The standard InChI is InChI=1S/C7H14N2O/c1-4-9(7(2)10)6-5-8-3/h5-6,8H,4H2,1-3H3/b6-5-. The van der Waals surface area contributed by atoms with E-state index in [0.29, 0.717) is 6.54 Å². The van der Waals surface area contributed by atoms with Crippen molar-refractivity contribution < 1.29 is 4.79 Å². The number of nitrogens with one attached hydrogen (secondary N) is 1. The molecule has 0 aromatic heterocycles. The summed E-state index contributed by atoms with van der Waals surface area (Å²) in [5, 5.41) is 2.81. The molecule has 0 saturated carbocycles. The van der Waals surface area contributed by atoms with Crippen molar-refractivity contribution in [3.63, 3.8) is 0 Å². The van der Waals surface area contributed by atoms with Crippen LogP contribution in [0.15, 0.2) is 12.4 Å². The van der Waals surface area contributed by atoms with E-state index in [1.165, 1.54) is 0 Å². The van der Waals surface area contributed by atoms with Crippen LogP contribution in [0.2, 0.25) is 0 Å². The molecule has 0 atom stereocenters. The van der Waals surface area contributed by atoms with E-state index in [1.54, 1.807) is 31.3 Å². The van der Waals surface area contributed by atoms with E-state index in [4.69, 9.17) is 0 Å². The van der Waals surface area contributed by atoms with Gasteiger partial charge in [-0.2, -0.15) is 0 Å². The van der Waals surface area contributed by atoms with E-state index >= 15 is 0 Å². The average molecular weight is 142 g/mol. The summed E-state index contributed by atoms with van der Waals surface area (Å²) in [4.78, 5) is 12.3. The van der Waals surface area contributed by atoms with Gasteiger partial charge in [0, 0.05) is 32.9 Å². The molecule has 0 rings (SSSR count). The maximum atomic E-state index is 10.7. The molecule has 1 amide bonds. The second-order valence-electron chi connectivity index (χ2n) is 1.91. The molecule has 0 saturated heterocycles. The molecule has 0 aliphatic carbocycles. The lowest BCUT2D eigenvalue weighted by Gasteiger charge is -2.11. The first-order valence-corrected chi connectivity index (χ1v) is 3.33. The Bertz CT molecular complexity index is 132. The van der Waals surface area contributed by atoms with Crippen molar-refractivity contribution in [1.82, 2.24) is 10.2 Å². The normalized spacial score (nSPS) is 9.90. The Morgan fingerprint density at radius 3 is 2.60 bits per heavy atom. The monoisotopic (exact) mass is 142 g/mol. The van der Waals surface area contributed by atoms with E-state index in [2.05, 4.69) is 5.32 Å². The third-order valence-electron chi connectivity index (χ3n) is 1.17. The maximum absolute atomic E-state index is 10.7. The van der Waals surface area contributed by atoms with Crippen molar-refractivity contribution in [1.29, 1.82) is 0 Å². The molecular weight excluding hydrogens is 128 g/mol. The summed E-state index contributed by atoms with van der Waals surface area (Å²) in [6.45, 7) is 4.19. The molecule has 0 heterocycles. The van der Waals surface area contributed by atoms with E-state index in [1.807, 2.05) is 6.92 Å². The minimum absolute atomic E-state index is 0.0639. The van der Waals surface area contributed by atoms with Crippen LogP contribution < -0.4 is 5.32 Å². The Labute approximate surface area is 61.7 Å². The van der Waals surface area contributed by atoms with Crippen molar-refractivity contribution in [2.75, 3.05) is 13.6 Å². The Kier molecular flexibility index (Phi) is 4.37. The molecule has 0 aromatic carbocycles. The second kappa shape index (κ2) is 4.85. The number of carbonyl (C=O) groups excluding carboxylic acids is 1. The predicted molar refractivity (Wildman–Crippen MR) is 41.3 cm³/mol. The van der Waals surface area contributed by atoms with Gasteiger partial charge < -0.3 is 10.2 Å². The Morgan fingerprint density at radius 2 is 2.30 bits per heavy atom. The topological polar surface area (TPSA) is 32.3 Å². The Hall–Kier alpha value is -0.990. The highest BCUT2D eigenvalue weighted by Crippen LogP contribution is 1.87. The third kappa shape index (κ3) is 3.12. The molecule has 0 fully saturated rings. The molecule has 0 radical (unpaired) electrons. The number of rotatable bonds is 3. The number of carbonyl (C=O) groups is 1. The van der Waals surface area contributed by atoms with Gasteiger partial charge in [-0.3, -0.25) is 4.79 Å². The van der Waals surface area contributed by atoms with Crippen molar-refractivity contribution in [3.8, 4) is 0 Å². The van der Waals surface area contributed by atoms with Gasteiger partial charge in [0.15, 0.2) is 0 Å². The summed E-state index contributed by atoms with van der Waals surface area (Å²) in [6.07, 6.45) is 3.45. The highest BCUT2D eigenvalue weighted by Gasteiger charge is 1.98. The minimum atomic E-state index is 0.0639. The zero-order chi connectivity index (χ0) is 7.98. The lowest BCUT2D eigenvalue weighted by Crippen LogP contribution is -2.22. The minimum Gasteiger partial charge on any atom is -0.393 e. The predicted octanol–water partition coefficient (Wildman–Crippen LogP) is 0.545. The number of nitrogens with zero attached hydrogens (tertiary/aromatic N) is 1. The summed E-state index contributed by atoms with van der Waals surface area (Å²) >= 11 is 0. The molecule has 10 heavy (non-hydrogen) atoms. The van der Waals surface area contributed by atoms with Crippen LogP contribution in [0.4, 0.5) is 0 Å². The summed E-state index contributed by atoms with van der Waals surface area (Å²) < 4.78 is 0. The third-order valence-corrected chi connectivity index (χ3v) is 1.17. The van der Waals surface area contributed by atoms with Crippen LogP contribution in [-0.4, -0.2) is 24.4 Å². The molecule has 0 aliphatic heterocycles. The van der Waals surface area contributed by atoms with Crippen LogP contribution in [-0.2, 0) is 4.79 Å². The molecule has 0 bridgehead atoms. The van der Waals surface area contributed by atoms with Gasteiger partial charge in [-0.1, -0.05) is 0 Å². The molecule has 0 spiro atoms. The molecule has 1 N–H and O–H groups in total. The molecule has 3 nitrogen and oxygen atoms in total. The fraction of sp³-hybridized carbons (Fsp3) is 0.571. The summed E-state index contributed by atoms with van der Waals surface area (Å²) in [5.41, 5.74) is 0. The maximum Gasteiger partial charge on any atom is 0.223 e. The molecule has 0 unspecified atom stereocenters. The molecule has 0 aromatic rings. The first kappa shape index (κ1) is 9.01. The van der Waals surface area contributed by atoms with Gasteiger partial charge in [-0.05, 0) is 6.92 Å². The van der Waals surface area contributed by atoms with Gasteiger partial charge in [0.25, 0.3) is 0 Å². The Morgan fingerprint density at radius 1 is 1.70 bits per heavy atom. The Balaban J connectivity index is 3.83. The van der Waals surface area contributed by atoms with Crippen LogP contribution in [0, 0.1) is 0 Å². The zero-order valence-corrected chi connectivity index (χ0v) is 6.72. The van der Waals surface area contributed by atoms with Crippen molar-refractivity contribution in [2.24, 2.45) is 0 Å². The summed E-state index contributed by atoms with van der Waals surface area (Å²) in [7, 11) is 1.80. The molecule has 58 valence electrons. The SMILES string of the molecule is CCN(/C=C\NC)C(C)=O. The van der Waals surface area contributed by atoms with Crippen molar-refractivity contribution in [3.05, 3.63) is 12.4 Å². The van der Waals surface area contributed by atoms with Gasteiger partial charge in [0.2, 0.25) is 5.91 Å². The number of hydrogen-bond donors (Lipinski definition) is 1. The fourth-order valence-electron chi connectivity index (χ4n) is 0.598. The summed E-state index contributed by atoms with van der Waals surface area (Å²) in [6, 6.07) is 0. The molecular formula is C7H14N2O. The number of amides is 1.